The van der Waals surface area contributed by atoms with Gasteiger partial charge < -0.3 is 15.2 Å². The van der Waals surface area contributed by atoms with Crippen LogP contribution in [0.3, 0.4) is 0 Å². The van der Waals surface area contributed by atoms with Gasteiger partial charge in [-0.3, -0.25) is 0 Å². The van der Waals surface area contributed by atoms with Gasteiger partial charge in [-0.1, -0.05) is 48.5 Å². The fourth-order valence-electron chi connectivity index (χ4n) is 4.31. The van der Waals surface area contributed by atoms with E-state index in [9.17, 15) is 23.5 Å². The van der Waals surface area contributed by atoms with Crippen molar-refractivity contribution in [3.05, 3.63) is 95.1 Å². The number of fused-ring (bicyclic) bond motifs is 3. The second-order valence-corrected chi connectivity index (χ2v) is 8.03. The lowest BCUT2D eigenvalue weighted by atomic mass is 9.98. The maximum atomic E-state index is 13.3. The number of hydrogen-bond acceptors (Lipinski definition) is 3. The molecule has 3 aromatic carbocycles. The van der Waals surface area contributed by atoms with Gasteiger partial charge in [0.05, 0.1) is 0 Å². The van der Waals surface area contributed by atoms with Crippen molar-refractivity contribution < 1.29 is 28.2 Å². The van der Waals surface area contributed by atoms with Crippen molar-refractivity contribution in [1.82, 2.24) is 5.32 Å². The largest absolute Gasteiger partial charge is 0.480 e. The molecule has 0 aliphatic heterocycles. The number of aryl methyl sites for hydroxylation is 1. The van der Waals surface area contributed by atoms with E-state index in [2.05, 4.69) is 5.32 Å². The Bertz CT molecular complexity index is 1110. The standard InChI is InChI=1S/C26H23F2NO4/c27-17-12-16(13-18(28)14-17)6-5-11-24(25(30)31)29-26(32)33-15-23-21-9-3-1-7-19(21)20-8-2-4-10-22(20)23/h1-4,7-10,12-14,23-24H,5-6,11,15H2,(H,29,32)(H,30,31)/t24-/m0/s1. The van der Waals surface area contributed by atoms with E-state index in [4.69, 9.17) is 4.74 Å². The van der Waals surface area contributed by atoms with Crippen molar-refractivity contribution in [3.8, 4) is 11.1 Å². The monoisotopic (exact) mass is 451 g/mol. The topological polar surface area (TPSA) is 75.6 Å². The van der Waals surface area contributed by atoms with Gasteiger partial charge in [-0.05, 0) is 59.2 Å². The Morgan fingerprint density at radius 2 is 1.52 bits per heavy atom. The molecule has 1 aliphatic rings. The minimum atomic E-state index is -1.20. The molecule has 0 fully saturated rings. The number of rotatable bonds is 8. The number of amides is 1. The number of carbonyl (C=O) groups excluding carboxylic acids is 1. The van der Waals surface area contributed by atoms with Crippen molar-refractivity contribution in [2.75, 3.05) is 6.61 Å². The van der Waals surface area contributed by atoms with Crippen LogP contribution in [-0.4, -0.2) is 29.8 Å². The van der Waals surface area contributed by atoms with Gasteiger partial charge in [-0.25, -0.2) is 18.4 Å². The van der Waals surface area contributed by atoms with Crippen molar-refractivity contribution in [3.63, 3.8) is 0 Å². The molecular weight excluding hydrogens is 428 g/mol. The van der Waals surface area contributed by atoms with E-state index in [1.54, 1.807) is 0 Å². The van der Waals surface area contributed by atoms with E-state index in [-0.39, 0.29) is 25.4 Å². The molecule has 0 bridgehead atoms. The summed E-state index contributed by atoms with van der Waals surface area (Å²) in [6.45, 7) is 0.0781. The molecule has 0 saturated carbocycles. The Morgan fingerprint density at radius 3 is 2.09 bits per heavy atom. The molecule has 4 rings (SSSR count). The summed E-state index contributed by atoms with van der Waals surface area (Å²) < 4.78 is 32.0. The number of alkyl carbamates (subject to hydrolysis) is 1. The third-order valence-corrected chi connectivity index (χ3v) is 5.81. The minimum Gasteiger partial charge on any atom is -0.480 e. The van der Waals surface area contributed by atoms with E-state index in [0.717, 1.165) is 28.3 Å². The summed E-state index contributed by atoms with van der Waals surface area (Å²) in [4.78, 5) is 23.9. The van der Waals surface area contributed by atoms with Crippen LogP contribution in [0, 0.1) is 11.6 Å². The van der Waals surface area contributed by atoms with Crippen LogP contribution in [0.1, 0.15) is 35.4 Å². The number of carbonyl (C=O) groups is 2. The fraction of sp³-hybridized carbons (Fsp3) is 0.231. The molecule has 7 heteroatoms. The molecule has 33 heavy (non-hydrogen) atoms. The van der Waals surface area contributed by atoms with Gasteiger partial charge in [-0.15, -0.1) is 0 Å². The molecule has 1 amide bonds. The average molecular weight is 451 g/mol. The third kappa shape index (κ3) is 5.19. The zero-order chi connectivity index (χ0) is 23.4. The summed E-state index contributed by atoms with van der Waals surface area (Å²) in [5.41, 5.74) is 4.74. The molecule has 1 aliphatic carbocycles. The normalized spacial score (nSPS) is 13.2. The lowest BCUT2D eigenvalue weighted by Gasteiger charge is -2.17. The first-order valence-corrected chi connectivity index (χ1v) is 10.7. The molecular formula is C26H23F2NO4. The Balaban J connectivity index is 1.34. The van der Waals surface area contributed by atoms with E-state index in [0.29, 0.717) is 12.0 Å². The summed E-state index contributed by atoms with van der Waals surface area (Å²) in [5, 5.41) is 11.8. The predicted octanol–water partition coefficient (Wildman–Crippen LogP) is 5.28. The number of aliphatic carboxylic acids is 1. The highest BCUT2D eigenvalue weighted by Gasteiger charge is 2.29. The van der Waals surface area contributed by atoms with Gasteiger partial charge in [0.25, 0.3) is 0 Å². The molecule has 170 valence electrons. The smallest absolute Gasteiger partial charge is 0.407 e. The molecule has 0 unspecified atom stereocenters. The molecule has 3 aromatic rings. The van der Waals surface area contributed by atoms with Gasteiger partial charge in [0.2, 0.25) is 0 Å². The van der Waals surface area contributed by atoms with Crippen molar-refractivity contribution in [2.45, 2.75) is 31.2 Å². The Hall–Kier alpha value is -3.74. The highest BCUT2D eigenvalue weighted by Crippen LogP contribution is 2.44. The van der Waals surface area contributed by atoms with E-state index in [1.165, 1.54) is 12.1 Å². The summed E-state index contributed by atoms with van der Waals surface area (Å²) in [6.07, 6.45) is -0.118. The lowest BCUT2D eigenvalue weighted by molar-refractivity contribution is -0.139. The predicted molar refractivity (Wildman–Crippen MR) is 119 cm³/mol. The molecule has 2 N–H and O–H groups in total. The second kappa shape index (κ2) is 9.81. The van der Waals surface area contributed by atoms with Gasteiger partial charge in [-0.2, -0.15) is 0 Å². The first-order valence-electron chi connectivity index (χ1n) is 10.7. The maximum Gasteiger partial charge on any atom is 0.407 e. The number of ether oxygens (including phenoxy) is 1. The second-order valence-electron chi connectivity index (χ2n) is 8.03. The lowest BCUT2D eigenvalue weighted by Crippen LogP contribution is -2.41. The average Bonchev–Trinajstić information content (AvgIpc) is 3.10. The van der Waals surface area contributed by atoms with E-state index < -0.39 is 29.7 Å². The van der Waals surface area contributed by atoms with Gasteiger partial charge in [0.15, 0.2) is 0 Å². The molecule has 5 nitrogen and oxygen atoms in total. The molecule has 0 radical (unpaired) electrons. The van der Waals surface area contributed by atoms with Crippen molar-refractivity contribution in [2.24, 2.45) is 0 Å². The van der Waals surface area contributed by atoms with Crippen LogP contribution in [0.25, 0.3) is 11.1 Å². The van der Waals surface area contributed by atoms with Crippen LogP contribution in [0.15, 0.2) is 66.7 Å². The zero-order valence-corrected chi connectivity index (χ0v) is 17.8. The molecule has 0 spiro atoms. The van der Waals surface area contributed by atoms with E-state index in [1.807, 2.05) is 48.5 Å². The summed E-state index contributed by atoms with van der Waals surface area (Å²) in [6, 6.07) is 17.9. The number of carboxylic acids is 1. The summed E-state index contributed by atoms with van der Waals surface area (Å²) in [5.74, 6) is -2.70. The van der Waals surface area contributed by atoms with Crippen LogP contribution in [0.4, 0.5) is 13.6 Å². The molecule has 0 saturated heterocycles. The summed E-state index contributed by atoms with van der Waals surface area (Å²) >= 11 is 0. The zero-order valence-electron chi connectivity index (χ0n) is 17.8. The third-order valence-electron chi connectivity index (χ3n) is 5.81. The quantitative estimate of drug-likeness (QED) is 0.489. The SMILES string of the molecule is O=C(N[C@@H](CCCc1cc(F)cc(F)c1)C(=O)O)OCC1c2ccccc2-c2ccccc21. The highest BCUT2D eigenvalue weighted by molar-refractivity contribution is 5.81. The number of halogens is 2. The minimum absolute atomic E-state index is 0.0781. The van der Waals surface area contributed by atoms with Crippen LogP contribution in [0.2, 0.25) is 0 Å². The Labute approximate surface area is 190 Å². The molecule has 1 atom stereocenters. The number of benzene rings is 3. The maximum absolute atomic E-state index is 13.3. The first-order chi connectivity index (χ1) is 15.9. The van der Waals surface area contributed by atoms with Crippen LogP contribution in [-0.2, 0) is 16.0 Å². The van der Waals surface area contributed by atoms with Gasteiger partial charge in [0, 0.05) is 12.0 Å². The van der Waals surface area contributed by atoms with Crippen LogP contribution in [0.5, 0.6) is 0 Å². The van der Waals surface area contributed by atoms with Crippen molar-refractivity contribution in [1.29, 1.82) is 0 Å². The van der Waals surface area contributed by atoms with Gasteiger partial charge >= 0.3 is 12.1 Å². The highest BCUT2D eigenvalue weighted by atomic mass is 19.1. The number of carboxylic acid groups (broad SMARTS) is 1. The number of nitrogens with one attached hydrogen (secondary N) is 1. The fourth-order valence-corrected chi connectivity index (χ4v) is 4.31. The Kier molecular flexibility index (Phi) is 6.68. The summed E-state index contributed by atoms with van der Waals surface area (Å²) in [7, 11) is 0. The van der Waals surface area contributed by atoms with Crippen LogP contribution < -0.4 is 5.32 Å². The molecule has 0 aromatic heterocycles. The number of hydrogen-bond donors (Lipinski definition) is 2. The van der Waals surface area contributed by atoms with Gasteiger partial charge in [0.1, 0.15) is 24.3 Å². The van der Waals surface area contributed by atoms with Crippen LogP contribution >= 0.6 is 0 Å². The van der Waals surface area contributed by atoms with Crippen molar-refractivity contribution >= 4 is 12.1 Å². The first kappa shape index (κ1) is 22.5. The molecule has 0 heterocycles. The Morgan fingerprint density at radius 1 is 0.939 bits per heavy atom. The van der Waals surface area contributed by atoms with E-state index >= 15 is 0 Å².